The lowest BCUT2D eigenvalue weighted by Gasteiger charge is -2.38. The van der Waals surface area contributed by atoms with Gasteiger partial charge in [0.2, 0.25) is 0 Å². The Bertz CT molecular complexity index is 1260. The molecule has 0 saturated heterocycles. The number of ether oxygens (including phenoxy) is 3. The van der Waals surface area contributed by atoms with Crippen LogP contribution in [0.1, 0.15) is 18.1 Å². The first-order valence-electron chi connectivity index (χ1n) is 12.8. The van der Waals surface area contributed by atoms with Gasteiger partial charge in [-0.2, -0.15) is 48.3 Å². The van der Waals surface area contributed by atoms with Crippen molar-refractivity contribution in [1.29, 1.82) is 0 Å². The van der Waals surface area contributed by atoms with Crippen molar-refractivity contribution in [2.24, 2.45) is 0 Å². The number of carboxylic acids is 1. The number of halogens is 11. The van der Waals surface area contributed by atoms with E-state index in [-0.39, 0.29) is 29.2 Å². The number of carbonyl (C=O) groups excluding carboxylic acids is 1. The zero-order valence-corrected chi connectivity index (χ0v) is 23.1. The number of aliphatic carboxylic acids is 1. The van der Waals surface area contributed by atoms with Crippen molar-refractivity contribution >= 4 is 12.1 Å². The molecule has 0 fully saturated rings. The van der Waals surface area contributed by atoms with Crippen molar-refractivity contribution in [3.8, 4) is 5.75 Å². The Kier molecular flexibility index (Phi) is 12.0. The number of carbonyl (C=O) groups is 2. The van der Waals surface area contributed by atoms with Crippen LogP contribution in [0.4, 0.5) is 53.1 Å². The van der Waals surface area contributed by atoms with Crippen LogP contribution >= 0.6 is 0 Å². The second-order valence-electron chi connectivity index (χ2n) is 9.37. The second kappa shape index (κ2) is 14.5. The second-order valence-corrected chi connectivity index (χ2v) is 9.37. The fraction of sp³-hybridized carbons (Fsp3) is 0.481. The molecular formula is C27H26F11NO6. The summed E-state index contributed by atoms with van der Waals surface area (Å²) in [5.41, 5.74) is 0.706. The summed E-state index contributed by atoms with van der Waals surface area (Å²) in [6, 6.07) is 12.6. The summed E-state index contributed by atoms with van der Waals surface area (Å²) in [6.45, 7) is -3.67. The summed E-state index contributed by atoms with van der Waals surface area (Å²) in [4.78, 5) is 23.4. The quantitative estimate of drug-likeness (QED) is 0.197. The molecular weight excluding hydrogens is 643 g/mol. The molecule has 1 unspecified atom stereocenters. The van der Waals surface area contributed by atoms with E-state index in [1.54, 1.807) is 13.0 Å². The maximum absolute atomic E-state index is 14.5. The summed E-state index contributed by atoms with van der Waals surface area (Å²) in [5, 5.41) is 9.17. The Morgan fingerprint density at radius 1 is 0.800 bits per heavy atom. The van der Waals surface area contributed by atoms with Gasteiger partial charge in [-0.05, 0) is 30.2 Å². The Morgan fingerprint density at radius 3 is 1.89 bits per heavy atom. The van der Waals surface area contributed by atoms with E-state index in [0.717, 1.165) is 0 Å². The van der Waals surface area contributed by atoms with Crippen LogP contribution in [-0.2, 0) is 27.3 Å². The lowest BCUT2D eigenvalue weighted by molar-refractivity contribution is -0.422. The maximum Gasteiger partial charge on any atom is 0.460 e. The van der Waals surface area contributed by atoms with Gasteiger partial charge >= 0.3 is 41.9 Å². The lowest BCUT2D eigenvalue weighted by atomic mass is 9.97. The van der Waals surface area contributed by atoms with E-state index in [2.05, 4.69) is 0 Å². The average molecular weight is 669 g/mol. The third kappa shape index (κ3) is 8.88. The highest BCUT2D eigenvalue weighted by molar-refractivity contribution is 5.72. The summed E-state index contributed by atoms with van der Waals surface area (Å²) in [6.07, 6.45) is -10.4. The van der Waals surface area contributed by atoms with E-state index in [4.69, 9.17) is 19.3 Å². The number of benzene rings is 2. The van der Waals surface area contributed by atoms with Crippen molar-refractivity contribution in [2.75, 3.05) is 26.3 Å². The molecule has 0 heterocycles. The van der Waals surface area contributed by atoms with Gasteiger partial charge in [0, 0.05) is 13.0 Å². The molecule has 18 heteroatoms. The van der Waals surface area contributed by atoms with Crippen LogP contribution < -0.4 is 4.74 Å². The van der Waals surface area contributed by atoms with Crippen molar-refractivity contribution in [1.82, 2.24) is 4.90 Å². The highest BCUT2D eigenvalue weighted by Crippen LogP contribution is 2.57. The minimum absolute atomic E-state index is 0.0342. The SMILES string of the molecule is CCOC(Cc1ccc(OCCN(CC(F)(F)C(F)(F)C(F)(F)C(F)(F)C(F)(F)F)C(=O)OCc2ccccc2)cc1)C(=O)O. The first kappa shape index (κ1) is 37.4. The lowest BCUT2D eigenvalue weighted by Crippen LogP contribution is -2.68. The summed E-state index contributed by atoms with van der Waals surface area (Å²) in [7, 11) is 0. The van der Waals surface area contributed by atoms with Crippen LogP contribution in [0.5, 0.6) is 5.75 Å². The standard InChI is InChI=1S/C27H26F11NO6/c1-2-43-20(21(40)41)14-17-8-10-19(11-9-17)44-13-12-39(22(42)45-15-18-6-4-3-5-7-18)16-23(28,29)24(30,31)25(32,33)26(34,35)27(36,37)38/h3-11,20H,2,12-16H2,1H3,(H,40,41). The summed E-state index contributed by atoms with van der Waals surface area (Å²) >= 11 is 0. The average Bonchev–Trinajstić information content (AvgIpc) is 2.95. The Balaban J connectivity index is 2.23. The summed E-state index contributed by atoms with van der Waals surface area (Å²) < 4.78 is 164. The van der Waals surface area contributed by atoms with Crippen molar-refractivity contribution in [3.63, 3.8) is 0 Å². The smallest absolute Gasteiger partial charge is 0.460 e. The molecule has 2 aromatic rings. The number of alkyl halides is 11. The van der Waals surface area contributed by atoms with Gasteiger partial charge in [-0.1, -0.05) is 42.5 Å². The number of amides is 1. The van der Waals surface area contributed by atoms with E-state index in [0.29, 0.717) is 5.56 Å². The predicted molar refractivity (Wildman–Crippen MR) is 133 cm³/mol. The molecule has 2 rings (SSSR count). The molecule has 7 nitrogen and oxygen atoms in total. The predicted octanol–water partition coefficient (Wildman–Crippen LogP) is 6.84. The van der Waals surface area contributed by atoms with E-state index in [1.807, 2.05) is 0 Å². The van der Waals surface area contributed by atoms with Crippen LogP contribution in [-0.4, -0.2) is 84.3 Å². The van der Waals surface area contributed by atoms with Crippen LogP contribution in [0.15, 0.2) is 54.6 Å². The minimum atomic E-state index is -7.64. The molecule has 0 aliphatic rings. The van der Waals surface area contributed by atoms with Crippen molar-refractivity contribution < 1.29 is 77.2 Å². The van der Waals surface area contributed by atoms with Gasteiger partial charge in [-0.25, -0.2) is 9.59 Å². The molecule has 0 aromatic heterocycles. The zero-order chi connectivity index (χ0) is 34.3. The third-order valence-corrected chi connectivity index (χ3v) is 6.07. The van der Waals surface area contributed by atoms with Gasteiger partial charge in [0.05, 0.1) is 13.1 Å². The first-order chi connectivity index (χ1) is 20.7. The molecule has 0 radical (unpaired) electrons. The number of nitrogens with zero attached hydrogens (tertiary/aromatic N) is 1. The maximum atomic E-state index is 14.5. The Labute approximate surface area is 248 Å². The molecule has 252 valence electrons. The molecule has 45 heavy (non-hydrogen) atoms. The molecule has 1 N–H and O–H groups in total. The van der Waals surface area contributed by atoms with Gasteiger partial charge in [0.15, 0.2) is 6.10 Å². The molecule has 1 amide bonds. The van der Waals surface area contributed by atoms with Crippen molar-refractivity contribution in [3.05, 3.63) is 65.7 Å². The highest BCUT2D eigenvalue weighted by Gasteiger charge is 2.87. The minimum Gasteiger partial charge on any atom is -0.492 e. The number of carboxylic acid groups (broad SMARTS) is 1. The fourth-order valence-electron chi connectivity index (χ4n) is 3.62. The van der Waals surface area contributed by atoms with E-state index in [9.17, 15) is 57.9 Å². The Hall–Kier alpha value is -3.83. The van der Waals surface area contributed by atoms with Gasteiger partial charge in [0.1, 0.15) is 19.0 Å². The first-order valence-corrected chi connectivity index (χ1v) is 12.8. The number of rotatable bonds is 16. The van der Waals surface area contributed by atoms with Gasteiger partial charge < -0.3 is 19.3 Å². The topological polar surface area (TPSA) is 85.3 Å². The Morgan fingerprint density at radius 2 is 1.38 bits per heavy atom. The van der Waals surface area contributed by atoms with Crippen LogP contribution in [0.3, 0.4) is 0 Å². The fourth-order valence-corrected chi connectivity index (χ4v) is 3.62. The van der Waals surface area contributed by atoms with Gasteiger partial charge in [-0.3, -0.25) is 4.90 Å². The largest absolute Gasteiger partial charge is 0.492 e. The van der Waals surface area contributed by atoms with Crippen LogP contribution in [0.25, 0.3) is 0 Å². The monoisotopic (exact) mass is 669 g/mol. The number of hydrogen-bond acceptors (Lipinski definition) is 5. The zero-order valence-electron chi connectivity index (χ0n) is 23.1. The molecule has 0 aliphatic heterocycles. The van der Waals surface area contributed by atoms with Crippen molar-refractivity contribution in [2.45, 2.75) is 55.9 Å². The van der Waals surface area contributed by atoms with Gasteiger partial charge in [-0.15, -0.1) is 0 Å². The normalized spacial score (nSPS) is 13.7. The van der Waals surface area contributed by atoms with E-state index >= 15 is 0 Å². The number of hydrogen-bond donors (Lipinski definition) is 1. The van der Waals surface area contributed by atoms with Crippen LogP contribution in [0, 0.1) is 0 Å². The summed E-state index contributed by atoms with van der Waals surface area (Å²) in [5.74, 6) is -30.1. The third-order valence-electron chi connectivity index (χ3n) is 6.07. The molecule has 0 aliphatic carbocycles. The van der Waals surface area contributed by atoms with Crippen LogP contribution in [0.2, 0.25) is 0 Å². The molecule has 0 bridgehead atoms. The highest BCUT2D eigenvalue weighted by atomic mass is 19.4. The molecule has 0 saturated carbocycles. The molecule has 1 atom stereocenters. The van der Waals surface area contributed by atoms with E-state index < -0.39 is 74.3 Å². The van der Waals surface area contributed by atoms with E-state index in [1.165, 1.54) is 48.5 Å². The molecule has 0 spiro atoms. The molecule has 2 aromatic carbocycles. The van der Waals surface area contributed by atoms with Gasteiger partial charge in [0.25, 0.3) is 0 Å².